The third kappa shape index (κ3) is 6.12. The van der Waals surface area contributed by atoms with E-state index in [1.807, 2.05) is 0 Å². The predicted molar refractivity (Wildman–Crippen MR) is 80.9 cm³/mol. The number of thiocarbonyl (C=S) groups is 1. The fourth-order valence-corrected chi connectivity index (χ4v) is 2.63. The first-order valence-corrected chi connectivity index (χ1v) is 7.38. The Morgan fingerprint density at radius 3 is 2.61 bits per heavy atom. The van der Waals surface area contributed by atoms with Gasteiger partial charge in [-0.05, 0) is 32.6 Å². The van der Waals surface area contributed by atoms with Crippen LogP contribution < -0.4 is 5.73 Å². The molecule has 1 atom stereocenters. The maximum atomic E-state index is 6.06. The van der Waals surface area contributed by atoms with E-state index in [4.69, 9.17) is 22.7 Å². The molecule has 0 aliphatic carbocycles. The van der Waals surface area contributed by atoms with Crippen molar-refractivity contribution in [2.75, 3.05) is 19.6 Å². The van der Waals surface area contributed by atoms with Gasteiger partial charge in [0.25, 0.3) is 0 Å². The first-order chi connectivity index (χ1) is 8.28. The molecule has 1 saturated heterocycles. The number of hydrogen-bond acceptors (Lipinski definition) is 3. The highest BCUT2D eigenvalue weighted by atomic mass is 32.1. The van der Waals surface area contributed by atoms with Gasteiger partial charge in [-0.1, -0.05) is 26.1 Å². The molecular weight excluding hydrogens is 244 g/mol. The van der Waals surface area contributed by atoms with Gasteiger partial charge >= 0.3 is 0 Å². The first-order valence-electron chi connectivity index (χ1n) is 6.97. The molecule has 0 spiro atoms. The van der Waals surface area contributed by atoms with Gasteiger partial charge < -0.3 is 15.4 Å². The molecule has 0 bridgehead atoms. The largest absolute Gasteiger partial charge is 0.393 e. The van der Waals surface area contributed by atoms with E-state index in [-0.39, 0.29) is 5.60 Å². The molecule has 1 unspecified atom stereocenters. The molecule has 0 aromatic heterocycles. The van der Waals surface area contributed by atoms with Gasteiger partial charge in [-0.25, -0.2) is 0 Å². The zero-order chi connectivity index (χ0) is 13.8. The molecule has 0 amide bonds. The maximum absolute atomic E-state index is 6.06. The van der Waals surface area contributed by atoms with Gasteiger partial charge in [0.2, 0.25) is 0 Å². The van der Waals surface area contributed by atoms with E-state index in [2.05, 4.69) is 32.6 Å². The summed E-state index contributed by atoms with van der Waals surface area (Å²) in [5.74, 6) is 0.658. The zero-order valence-electron chi connectivity index (χ0n) is 12.2. The van der Waals surface area contributed by atoms with E-state index in [1.54, 1.807) is 0 Å². The zero-order valence-corrected chi connectivity index (χ0v) is 13.1. The van der Waals surface area contributed by atoms with Crippen molar-refractivity contribution in [1.82, 2.24) is 4.90 Å². The van der Waals surface area contributed by atoms with E-state index in [9.17, 15) is 0 Å². The maximum Gasteiger partial charge on any atom is 0.0740 e. The fourth-order valence-electron chi connectivity index (χ4n) is 2.54. The van der Waals surface area contributed by atoms with Gasteiger partial charge in [0, 0.05) is 26.1 Å². The van der Waals surface area contributed by atoms with E-state index in [0.717, 1.165) is 38.9 Å². The summed E-state index contributed by atoms with van der Waals surface area (Å²) in [5.41, 5.74) is 5.65. The van der Waals surface area contributed by atoms with Crippen LogP contribution in [0.2, 0.25) is 0 Å². The molecular formula is C14H28N2OS. The standard InChI is InChI=1S/C14H28N2OS/c1-11(2)9-16(8-6-13(15)18)10-12-5-7-14(3,4)17-12/h11-12H,5-10H2,1-4H3,(H2,15,18). The number of ether oxygens (including phenoxy) is 1. The summed E-state index contributed by atoms with van der Waals surface area (Å²) in [4.78, 5) is 3.05. The molecule has 1 aliphatic heterocycles. The van der Waals surface area contributed by atoms with E-state index in [0.29, 0.717) is 17.0 Å². The first kappa shape index (κ1) is 15.9. The van der Waals surface area contributed by atoms with Crippen LogP contribution in [-0.2, 0) is 4.74 Å². The second kappa shape index (κ2) is 6.83. The lowest BCUT2D eigenvalue weighted by Gasteiger charge is -2.28. The minimum Gasteiger partial charge on any atom is -0.393 e. The van der Waals surface area contributed by atoms with Crippen LogP contribution in [0.1, 0.15) is 47.0 Å². The summed E-state index contributed by atoms with van der Waals surface area (Å²) in [6, 6.07) is 0. The van der Waals surface area contributed by atoms with Crippen LogP contribution in [0.25, 0.3) is 0 Å². The van der Waals surface area contributed by atoms with Gasteiger partial charge in [-0.15, -0.1) is 0 Å². The van der Waals surface area contributed by atoms with Crippen molar-refractivity contribution >= 4 is 17.2 Å². The van der Waals surface area contributed by atoms with Crippen LogP contribution in [-0.4, -0.2) is 41.2 Å². The van der Waals surface area contributed by atoms with Gasteiger partial charge in [0.05, 0.1) is 16.7 Å². The number of rotatable bonds is 7. The molecule has 0 aromatic rings. The van der Waals surface area contributed by atoms with Gasteiger partial charge in [-0.3, -0.25) is 0 Å². The SMILES string of the molecule is CC(C)CN(CCC(N)=S)CC1CCC(C)(C)O1. The summed E-state index contributed by atoms with van der Waals surface area (Å²) in [6.07, 6.45) is 3.49. The quantitative estimate of drug-likeness (QED) is 0.723. The van der Waals surface area contributed by atoms with E-state index >= 15 is 0 Å². The van der Waals surface area contributed by atoms with Gasteiger partial charge in [-0.2, -0.15) is 0 Å². The topological polar surface area (TPSA) is 38.5 Å². The average Bonchev–Trinajstić information content (AvgIpc) is 2.53. The van der Waals surface area contributed by atoms with Gasteiger partial charge in [0.15, 0.2) is 0 Å². The van der Waals surface area contributed by atoms with Crippen molar-refractivity contribution in [3.8, 4) is 0 Å². The Balaban J connectivity index is 2.42. The highest BCUT2D eigenvalue weighted by molar-refractivity contribution is 7.80. The van der Waals surface area contributed by atoms with Crippen LogP contribution in [0.3, 0.4) is 0 Å². The summed E-state index contributed by atoms with van der Waals surface area (Å²) >= 11 is 4.97. The van der Waals surface area contributed by atoms with Crippen LogP contribution in [0.5, 0.6) is 0 Å². The summed E-state index contributed by atoms with van der Waals surface area (Å²) in [7, 11) is 0. The lowest BCUT2D eigenvalue weighted by Crippen LogP contribution is -2.37. The predicted octanol–water partition coefficient (Wildman–Crippen LogP) is 2.58. The molecule has 1 aliphatic rings. The molecule has 1 rings (SSSR count). The average molecular weight is 272 g/mol. The van der Waals surface area contributed by atoms with Crippen molar-refractivity contribution < 1.29 is 4.74 Å². The number of nitrogens with two attached hydrogens (primary N) is 1. The van der Waals surface area contributed by atoms with Gasteiger partial charge in [0.1, 0.15) is 0 Å². The normalized spacial score (nSPS) is 22.9. The molecule has 0 saturated carbocycles. The Kier molecular flexibility index (Phi) is 6.02. The van der Waals surface area contributed by atoms with E-state index in [1.165, 1.54) is 0 Å². The monoisotopic (exact) mass is 272 g/mol. The second-order valence-corrected chi connectivity index (χ2v) is 6.93. The third-order valence-electron chi connectivity index (χ3n) is 3.31. The molecule has 0 aromatic carbocycles. The van der Waals surface area contributed by atoms with Crippen molar-refractivity contribution in [2.45, 2.75) is 58.7 Å². The third-order valence-corrected chi connectivity index (χ3v) is 3.52. The summed E-state index contributed by atoms with van der Waals surface area (Å²) in [6.45, 7) is 11.9. The smallest absolute Gasteiger partial charge is 0.0740 e. The second-order valence-electron chi connectivity index (χ2n) is 6.41. The van der Waals surface area contributed by atoms with E-state index < -0.39 is 0 Å². The van der Waals surface area contributed by atoms with Crippen LogP contribution in [0.15, 0.2) is 0 Å². The molecule has 106 valence electrons. The van der Waals surface area contributed by atoms with Crippen LogP contribution in [0.4, 0.5) is 0 Å². The van der Waals surface area contributed by atoms with Crippen LogP contribution >= 0.6 is 12.2 Å². The molecule has 1 fully saturated rings. The summed E-state index contributed by atoms with van der Waals surface area (Å²) < 4.78 is 6.06. The Morgan fingerprint density at radius 2 is 2.17 bits per heavy atom. The van der Waals surface area contributed by atoms with Crippen molar-refractivity contribution in [3.63, 3.8) is 0 Å². The minimum absolute atomic E-state index is 0.0529. The number of nitrogens with zero attached hydrogens (tertiary/aromatic N) is 1. The Morgan fingerprint density at radius 1 is 1.50 bits per heavy atom. The molecule has 4 heteroatoms. The fraction of sp³-hybridized carbons (Fsp3) is 0.929. The van der Waals surface area contributed by atoms with Crippen molar-refractivity contribution in [3.05, 3.63) is 0 Å². The Labute approximate surface area is 117 Å². The lowest BCUT2D eigenvalue weighted by molar-refractivity contribution is -0.0294. The molecule has 2 N–H and O–H groups in total. The van der Waals surface area contributed by atoms with Crippen molar-refractivity contribution in [1.29, 1.82) is 0 Å². The summed E-state index contributed by atoms with van der Waals surface area (Å²) in [5, 5.41) is 0. The Hall–Kier alpha value is -0.190. The highest BCUT2D eigenvalue weighted by Gasteiger charge is 2.32. The van der Waals surface area contributed by atoms with Crippen LogP contribution in [0, 0.1) is 5.92 Å². The molecule has 3 nitrogen and oxygen atoms in total. The Bertz CT molecular complexity index is 279. The molecule has 1 heterocycles. The van der Waals surface area contributed by atoms with Crippen molar-refractivity contribution in [2.24, 2.45) is 11.7 Å². The number of hydrogen-bond donors (Lipinski definition) is 1. The lowest BCUT2D eigenvalue weighted by atomic mass is 10.1. The molecule has 18 heavy (non-hydrogen) atoms. The molecule has 0 radical (unpaired) electrons. The highest BCUT2D eigenvalue weighted by Crippen LogP contribution is 2.29. The minimum atomic E-state index is 0.0529.